The molecule has 7 heteroatoms. The Morgan fingerprint density at radius 2 is 1.81 bits per heavy atom. The van der Waals surface area contributed by atoms with Gasteiger partial charge in [-0.05, 0) is 70.6 Å². The highest BCUT2D eigenvalue weighted by Crippen LogP contribution is 2.29. The van der Waals surface area contributed by atoms with E-state index < -0.39 is 5.60 Å². The Labute approximate surface area is 181 Å². The fraction of sp³-hybridized carbons (Fsp3) is 0.542. The molecule has 0 bridgehead atoms. The second-order valence-corrected chi connectivity index (χ2v) is 9.52. The van der Waals surface area contributed by atoms with Crippen LogP contribution < -0.4 is 15.7 Å². The van der Waals surface area contributed by atoms with Crippen molar-refractivity contribution in [2.75, 3.05) is 6.54 Å². The van der Waals surface area contributed by atoms with Crippen molar-refractivity contribution in [1.29, 1.82) is 0 Å². The van der Waals surface area contributed by atoms with Gasteiger partial charge in [-0.25, -0.2) is 9.59 Å². The first-order chi connectivity index (χ1) is 14.7. The number of quaternary nitrogens is 1. The highest BCUT2D eigenvalue weighted by Gasteiger charge is 2.36. The van der Waals surface area contributed by atoms with Crippen LogP contribution in [0.3, 0.4) is 0 Å². The first-order valence-corrected chi connectivity index (χ1v) is 11.1. The van der Waals surface area contributed by atoms with Gasteiger partial charge in [0.05, 0.1) is 6.54 Å². The minimum atomic E-state index is -0.523. The van der Waals surface area contributed by atoms with E-state index in [0.717, 1.165) is 42.2 Å². The average Bonchev–Trinajstić information content (AvgIpc) is 2.73. The van der Waals surface area contributed by atoms with Gasteiger partial charge in [0.1, 0.15) is 22.9 Å². The van der Waals surface area contributed by atoms with Crippen LogP contribution in [-0.4, -0.2) is 30.1 Å². The van der Waals surface area contributed by atoms with Crippen LogP contribution in [0.2, 0.25) is 0 Å². The molecule has 4 rings (SSSR count). The van der Waals surface area contributed by atoms with Crippen LogP contribution in [-0.2, 0) is 27.2 Å². The van der Waals surface area contributed by atoms with Gasteiger partial charge in [-0.3, -0.25) is 4.79 Å². The maximum Gasteiger partial charge on any atom is 0.365 e. The monoisotopic (exact) mass is 428 g/mol. The van der Waals surface area contributed by atoms with Gasteiger partial charge in [0.2, 0.25) is 0 Å². The van der Waals surface area contributed by atoms with E-state index in [1.54, 1.807) is 12.1 Å². The molecular weight excluding hydrogens is 398 g/mol. The molecular formula is C24H30NO6+. The number of esters is 2. The van der Waals surface area contributed by atoms with Crippen LogP contribution in [0.1, 0.15) is 57.6 Å². The second-order valence-electron chi connectivity index (χ2n) is 9.52. The van der Waals surface area contributed by atoms with E-state index in [-0.39, 0.29) is 29.5 Å². The number of fused-ring (bicyclic) bond motifs is 3. The summed E-state index contributed by atoms with van der Waals surface area (Å²) < 4.78 is 16.5. The molecule has 0 spiro atoms. The molecule has 2 aliphatic rings. The number of benzene rings is 1. The summed E-state index contributed by atoms with van der Waals surface area (Å²) >= 11 is 0. The van der Waals surface area contributed by atoms with Crippen LogP contribution in [0.4, 0.5) is 0 Å². The van der Waals surface area contributed by atoms with E-state index in [1.807, 2.05) is 32.2 Å². The molecule has 2 N–H and O–H groups in total. The van der Waals surface area contributed by atoms with Gasteiger partial charge in [-0.2, -0.15) is 0 Å². The molecule has 2 aromatic rings. The van der Waals surface area contributed by atoms with Crippen molar-refractivity contribution >= 4 is 22.9 Å². The van der Waals surface area contributed by atoms with Crippen molar-refractivity contribution < 1.29 is 28.8 Å². The smallest absolute Gasteiger partial charge is 0.365 e. The number of ether oxygens (including phenoxy) is 2. The number of nitrogens with two attached hydrogens (primary N) is 1. The van der Waals surface area contributed by atoms with Gasteiger partial charge in [-0.15, -0.1) is 0 Å². The van der Waals surface area contributed by atoms with Crippen LogP contribution in [0.25, 0.3) is 11.0 Å². The molecule has 1 aliphatic carbocycles. The molecule has 1 fully saturated rings. The van der Waals surface area contributed by atoms with E-state index in [1.165, 1.54) is 0 Å². The van der Waals surface area contributed by atoms with Gasteiger partial charge < -0.3 is 19.2 Å². The highest BCUT2D eigenvalue weighted by atomic mass is 16.6. The summed E-state index contributed by atoms with van der Waals surface area (Å²) in [5.41, 5.74) is 1.48. The topological polar surface area (TPSA) is 99.4 Å². The Morgan fingerprint density at radius 3 is 2.48 bits per heavy atom. The lowest BCUT2D eigenvalue weighted by molar-refractivity contribution is -0.690. The first kappa shape index (κ1) is 21.6. The van der Waals surface area contributed by atoms with Gasteiger partial charge in [0.15, 0.2) is 6.04 Å². The Hall–Kier alpha value is -2.67. The van der Waals surface area contributed by atoms with Crippen molar-refractivity contribution in [2.24, 2.45) is 5.92 Å². The summed E-state index contributed by atoms with van der Waals surface area (Å²) in [6.45, 7) is 6.00. The summed E-state index contributed by atoms with van der Waals surface area (Å²) in [5.74, 6) is -0.513. The number of piperidine rings is 1. The van der Waals surface area contributed by atoms with Crippen molar-refractivity contribution in [2.45, 2.75) is 70.9 Å². The molecule has 0 radical (unpaired) electrons. The zero-order valence-corrected chi connectivity index (χ0v) is 18.4. The zero-order valence-electron chi connectivity index (χ0n) is 18.4. The molecule has 0 unspecified atom stereocenters. The lowest BCUT2D eigenvalue weighted by Crippen LogP contribution is -2.95. The maximum absolute atomic E-state index is 12.7. The van der Waals surface area contributed by atoms with Crippen LogP contribution in [0.5, 0.6) is 5.75 Å². The molecule has 2 heterocycles. The number of rotatable bonds is 3. The van der Waals surface area contributed by atoms with E-state index in [4.69, 9.17) is 13.9 Å². The quantitative estimate of drug-likeness (QED) is 0.457. The number of hydrogen-bond donors (Lipinski definition) is 1. The molecule has 7 nitrogen and oxygen atoms in total. The van der Waals surface area contributed by atoms with Crippen LogP contribution in [0, 0.1) is 5.92 Å². The normalized spacial score (nSPS) is 21.4. The Bertz CT molecular complexity index is 1060. The van der Waals surface area contributed by atoms with Gasteiger partial charge in [0, 0.05) is 23.4 Å². The SMILES string of the molecule is CC(C)(C)OC(=O)[C@H]1CC[C@@H](C(=O)Oc2ccc3c4c(c(=O)oc3c2)CCCC4)C[NH2+]1. The highest BCUT2D eigenvalue weighted by molar-refractivity contribution is 5.84. The third-order valence-electron chi connectivity index (χ3n) is 5.99. The third kappa shape index (κ3) is 4.82. The summed E-state index contributed by atoms with van der Waals surface area (Å²) in [6, 6.07) is 4.96. The third-order valence-corrected chi connectivity index (χ3v) is 5.99. The fourth-order valence-corrected chi connectivity index (χ4v) is 4.44. The minimum Gasteiger partial charge on any atom is -0.456 e. The number of carbonyl (C=O) groups is 2. The zero-order chi connectivity index (χ0) is 22.2. The van der Waals surface area contributed by atoms with Gasteiger partial charge in [0.25, 0.3) is 0 Å². The molecule has 166 valence electrons. The Balaban J connectivity index is 1.41. The van der Waals surface area contributed by atoms with Crippen LogP contribution >= 0.6 is 0 Å². The molecule has 1 aromatic carbocycles. The Kier molecular flexibility index (Phi) is 5.88. The lowest BCUT2D eigenvalue weighted by atomic mass is 9.91. The van der Waals surface area contributed by atoms with Crippen molar-refractivity contribution in [3.05, 3.63) is 39.7 Å². The van der Waals surface area contributed by atoms with Crippen molar-refractivity contribution in [3.8, 4) is 5.75 Å². The number of hydrogen-bond acceptors (Lipinski definition) is 6. The van der Waals surface area contributed by atoms with E-state index in [0.29, 0.717) is 30.7 Å². The van der Waals surface area contributed by atoms with Crippen LogP contribution in [0.15, 0.2) is 27.4 Å². The molecule has 1 aliphatic heterocycles. The molecule has 1 aromatic heterocycles. The predicted molar refractivity (Wildman–Crippen MR) is 114 cm³/mol. The summed E-state index contributed by atoms with van der Waals surface area (Å²) in [4.78, 5) is 37.2. The number of carbonyl (C=O) groups excluding carboxylic acids is 2. The summed E-state index contributed by atoms with van der Waals surface area (Å²) in [5, 5.41) is 2.77. The summed E-state index contributed by atoms with van der Waals surface area (Å²) in [6.07, 6.45) is 4.82. The number of aryl methyl sites for hydroxylation is 1. The Morgan fingerprint density at radius 1 is 1.06 bits per heavy atom. The van der Waals surface area contributed by atoms with Crippen molar-refractivity contribution in [1.82, 2.24) is 0 Å². The van der Waals surface area contributed by atoms with Gasteiger partial charge in [-0.1, -0.05) is 0 Å². The fourth-order valence-electron chi connectivity index (χ4n) is 4.44. The molecule has 1 saturated heterocycles. The predicted octanol–water partition coefficient (Wildman–Crippen LogP) is 2.26. The second kappa shape index (κ2) is 8.46. The van der Waals surface area contributed by atoms with Gasteiger partial charge >= 0.3 is 17.6 Å². The van der Waals surface area contributed by atoms with E-state index in [2.05, 4.69) is 0 Å². The molecule has 31 heavy (non-hydrogen) atoms. The van der Waals surface area contributed by atoms with E-state index >= 15 is 0 Å². The summed E-state index contributed by atoms with van der Waals surface area (Å²) in [7, 11) is 0. The first-order valence-electron chi connectivity index (χ1n) is 11.1. The maximum atomic E-state index is 12.7. The molecule has 0 saturated carbocycles. The van der Waals surface area contributed by atoms with E-state index in [9.17, 15) is 14.4 Å². The van der Waals surface area contributed by atoms with Crippen molar-refractivity contribution in [3.63, 3.8) is 0 Å². The molecule has 0 amide bonds. The average molecular weight is 429 g/mol. The minimum absolute atomic E-state index is 0.243. The standard InChI is InChI=1S/C24H29NO6/c1-24(2,3)31-23(28)19-11-8-14(13-25-19)21(26)29-15-9-10-17-16-6-4-5-7-18(16)22(27)30-20(17)12-15/h9-10,12,14,19,25H,4-8,11,13H2,1-3H3/p+1/t14-,19-/m1/s1. The molecule has 2 atom stereocenters. The largest absolute Gasteiger partial charge is 0.456 e. The lowest BCUT2D eigenvalue weighted by Gasteiger charge is -2.27.